The van der Waals surface area contributed by atoms with Crippen LogP contribution in [0.25, 0.3) is 0 Å². The van der Waals surface area contributed by atoms with Gasteiger partial charge in [0, 0.05) is 12.6 Å². The van der Waals surface area contributed by atoms with Crippen molar-refractivity contribution >= 4 is 11.4 Å². The van der Waals surface area contributed by atoms with Crippen molar-refractivity contribution in [2.75, 3.05) is 5.32 Å². The molecular formula is C16H18N2O2. The summed E-state index contributed by atoms with van der Waals surface area (Å²) in [7, 11) is 0. The van der Waals surface area contributed by atoms with Crippen LogP contribution in [0.3, 0.4) is 0 Å². The second-order valence-electron chi connectivity index (χ2n) is 4.99. The lowest BCUT2D eigenvalue weighted by atomic mass is 10.0. The first kappa shape index (κ1) is 14.1. The summed E-state index contributed by atoms with van der Waals surface area (Å²) in [5.74, 6) is 0. The number of hydrogen-bond donors (Lipinski definition) is 1. The van der Waals surface area contributed by atoms with Crippen LogP contribution < -0.4 is 5.32 Å². The lowest BCUT2D eigenvalue weighted by molar-refractivity contribution is -0.384. The Morgan fingerprint density at radius 1 is 1.15 bits per heavy atom. The van der Waals surface area contributed by atoms with Crippen molar-refractivity contribution < 1.29 is 4.92 Å². The minimum absolute atomic E-state index is 0.112. The molecule has 0 atom stereocenters. The lowest BCUT2D eigenvalue weighted by Gasteiger charge is -2.11. The predicted octanol–water partition coefficient (Wildman–Crippen LogP) is 4.13. The van der Waals surface area contributed by atoms with E-state index in [1.165, 1.54) is 11.1 Å². The maximum Gasteiger partial charge on any atom is 0.292 e. The van der Waals surface area contributed by atoms with Crippen molar-refractivity contribution in [2.45, 2.75) is 27.3 Å². The van der Waals surface area contributed by atoms with Gasteiger partial charge in [-0.15, -0.1) is 0 Å². The molecule has 0 saturated heterocycles. The molecule has 0 aromatic heterocycles. The van der Waals surface area contributed by atoms with E-state index in [4.69, 9.17) is 0 Å². The van der Waals surface area contributed by atoms with Gasteiger partial charge < -0.3 is 5.32 Å². The summed E-state index contributed by atoms with van der Waals surface area (Å²) in [6.07, 6.45) is 0. The third kappa shape index (κ3) is 2.96. The highest BCUT2D eigenvalue weighted by atomic mass is 16.6. The normalized spacial score (nSPS) is 10.3. The van der Waals surface area contributed by atoms with Crippen LogP contribution in [0.4, 0.5) is 11.4 Å². The van der Waals surface area contributed by atoms with Crippen molar-refractivity contribution in [1.29, 1.82) is 0 Å². The number of nitrogens with zero attached hydrogens (tertiary/aromatic N) is 1. The molecule has 1 N–H and O–H groups in total. The average Bonchev–Trinajstić information content (AvgIpc) is 2.40. The van der Waals surface area contributed by atoms with E-state index in [1.54, 1.807) is 12.1 Å². The Morgan fingerprint density at radius 2 is 1.90 bits per heavy atom. The van der Waals surface area contributed by atoms with Gasteiger partial charge in [-0.3, -0.25) is 10.1 Å². The number of aryl methyl sites for hydroxylation is 2. The summed E-state index contributed by atoms with van der Waals surface area (Å²) >= 11 is 0. The number of hydrogen-bond acceptors (Lipinski definition) is 3. The fourth-order valence-corrected chi connectivity index (χ4v) is 2.14. The minimum atomic E-state index is -0.356. The van der Waals surface area contributed by atoms with Crippen LogP contribution in [0.5, 0.6) is 0 Å². The van der Waals surface area contributed by atoms with E-state index < -0.39 is 0 Å². The Bertz CT molecular complexity index is 651. The fourth-order valence-electron chi connectivity index (χ4n) is 2.14. The van der Waals surface area contributed by atoms with Crippen LogP contribution in [0.1, 0.15) is 22.3 Å². The van der Waals surface area contributed by atoms with Crippen molar-refractivity contribution in [3.63, 3.8) is 0 Å². The van der Waals surface area contributed by atoms with E-state index in [2.05, 4.69) is 25.2 Å². The molecule has 104 valence electrons. The molecule has 2 aromatic carbocycles. The van der Waals surface area contributed by atoms with E-state index in [0.717, 1.165) is 11.1 Å². The highest BCUT2D eigenvalue weighted by Crippen LogP contribution is 2.26. The molecule has 0 amide bonds. The molecule has 20 heavy (non-hydrogen) atoms. The first-order valence-corrected chi connectivity index (χ1v) is 6.53. The molecule has 2 aromatic rings. The second-order valence-corrected chi connectivity index (χ2v) is 4.99. The van der Waals surface area contributed by atoms with Gasteiger partial charge in [-0.25, -0.2) is 0 Å². The van der Waals surface area contributed by atoms with Gasteiger partial charge in [-0.2, -0.15) is 0 Å². The largest absolute Gasteiger partial charge is 0.375 e. The third-order valence-electron chi connectivity index (χ3n) is 3.53. The van der Waals surface area contributed by atoms with Crippen LogP contribution in [-0.2, 0) is 6.54 Å². The van der Waals surface area contributed by atoms with Gasteiger partial charge in [0.05, 0.1) is 4.92 Å². The van der Waals surface area contributed by atoms with Crippen LogP contribution >= 0.6 is 0 Å². The topological polar surface area (TPSA) is 55.2 Å². The number of nitro groups is 1. The molecule has 0 spiro atoms. The van der Waals surface area contributed by atoms with E-state index in [-0.39, 0.29) is 10.6 Å². The standard InChI is InChI=1S/C16H18N2O2/c1-11-7-8-16(18(19)20)15(9-11)17-10-14-6-4-5-12(2)13(14)3/h4-9,17H,10H2,1-3H3. The van der Waals surface area contributed by atoms with Gasteiger partial charge >= 0.3 is 0 Å². The van der Waals surface area contributed by atoms with E-state index in [0.29, 0.717) is 12.2 Å². The number of anilines is 1. The van der Waals surface area contributed by atoms with Gasteiger partial charge in [0.15, 0.2) is 0 Å². The molecule has 0 unspecified atom stereocenters. The molecule has 0 radical (unpaired) electrons. The Hall–Kier alpha value is -2.36. The molecular weight excluding hydrogens is 252 g/mol. The quantitative estimate of drug-likeness (QED) is 0.671. The predicted molar refractivity (Wildman–Crippen MR) is 81.1 cm³/mol. The average molecular weight is 270 g/mol. The maximum atomic E-state index is 11.0. The van der Waals surface area contributed by atoms with Gasteiger partial charge in [-0.05, 0) is 49.1 Å². The Balaban J connectivity index is 2.24. The number of benzene rings is 2. The van der Waals surface area contributed by atoms with Gasteiger partial charge in [0.2, 0.25) is 0 Å². The van der Waals surface area contributed by atoms with Gasteiger partial charge in [0.1, 0.15) is 5.69 Å². The first-order chi connectivity index (χ1) is 9.49. The number of rotatable bonds is 4. The van der Waals surface area contributed by atoms with Crippen LogP contribution in [0, 0.1) is 30.9 Å². The number of nitrogens with one attached hydrogen (secondary N) is 1. The summed E-state index contributed by atoms with van der Waals surface area (Å²) in [4.78, 5) is 10.7. The molecule has 0 heterocycles. The summed E-state index contributed by atoms with van der Waals surface area (Å²) in [6.45, 7) is 6.63. The van der Waals surface area contributed by atoms with Crippen molar-refractivity contribution in [3.05, 3.63) is 68.8 Å². The second kappa shape index (κ2) is 5.74. The monoisotopic (exact) mass is 270 g/mol. The zero-order chi connectivity index (χ0) is 14.7. The lowest BCUT2D eigenvalue weighted by Crippen LogP contribution is -2.04. The molecule has 4 nitrogen and oxygen atoms in total. The van der Waals surface area contributed by atoms with E-state index in [1.807, 2.05) is 25.1 Å². The van der Waals surface area contributed by atoms with Crippen LogP contribution in [0.15, 0.2) is 36.4 Å². The molecule has 2 rings (SSSR count). The fraction of sp³-hybridized carbons (Fsp3) is 0.250. The van der Waals surface area contributed by atoms with Crippen molar-refractivity contribution in [3.8, 4) is 0 Å². The van der Waals surface area contributed by atoms with Crippen molar-refractivity contribution in [2.24, 2.45) is 0 Å². The SMILES string of the molecule is Cc1ccc([N+](=O)[O-])c(NCc2cccc(C)c2C)c1. The van der Waals surface area contributed by atoms with Crippen LogP contribution in [0.2, 0.25) is 0 Å². The van der Waals surface area contributed by atoms with Crippen molar-refractivity contribution in [1.82, 2.24) is 0 Å². The van der Waals surface area contributed by atoms with E-state index in [9.17, 15) is 10.1 Å². The minimum Gasteiger partial charge on any atom is -0.375 e. The Labute approximate surface area is 118 Å². The molecule has 0 aliphatic carbocycles. The maximum absolute atomic E-state index is 11.0. The zero-order valence-corrected chi connectivity index (χ0v) is 11.9. The Kier molecular flexibility index (Phi) is 4.03. The molecule has 0 aliphatic rings. The molecule has 0 fully saturated rings. The Morgan fingerprint density at radius 3 is 2.60 bits per heavy atom. The zero-order valence-electron chi connectivity index (χ0n) is 11.9. The third-order valence-corrected chi connectivity index (χ3v) is 3.53. The summed E-state index contributed by atoms with van der Waals surface area (Å²) in [5.41, 5.74) is 5.27. The first-order valence-electron chi connectivity index (χ1n) is 6.53. The molecule has 0 aliphatic heterocycles. The molecule has 0 bridgehead atoms. The number of nitro benzene ring substituents is 1. The van der Waals surface area contributed by atoms with Crippen LogP contribution in [-0.4, -0.2) is 4.92 Å². The molecule has 4 heteroatoms. The molecule has 0 saturated carbocycles. The van der Waals surface area contributed by atoms with Gasteiger partial charge in [0.25, 0.3) is 5.69 Å². The smallest absolute Gasteiger partial charge is 0.292 e. The summed E-state index contributed by atoms with van der Waals surface area (Å²) in [6, 6.07) is 11.2. The summed E-state index contributed by atoms with van der Waals surface area (Å²) < 4.78 is 0. The van der Waals surface area contributed by atoms with E-state index >= 15 is 0 Å². The highest BCUT2D eigenvalue weighted by Gasteiger charge is 2.13. The summed E-state index contributed by atoms with van der Waals surface area (Å²) in [5, 5.41) is 14.2. The van der Waals surface area contributed by atoms with Gasteiger partial charge in [-0.1, -0.05) is 24.3 Å². The highest BCUT2D eigenvalue weighted by molar-refractivity contribution is 5.62.